The normalized spacial score (nSPS) is 10.5. The highest BCUT2D eigenvalue weighted by atomic mass is 35.5. The summed E-state index contributed by atoms with van der Waals surface area (Å²) < 4.78 is 0. The molecule has 0 aromatic heterocycles. The Labute approximate surface area is 81.8 Å². The van der Waals surface area contributed by atoms with Gasteiger partial charge >= 0.3 is 0 Å². The van der Waals surface area contributed by atoms with Crippen LogP contribution in [0, 0.1) is 5.41 Å². The highest BCUT2D eigenvalue weighted by Gasteiger charge is 1.88. The Balaban J connectivity index is 2.59. The minimum Gasteiger partial charge on any atom is -0.387 e. The Morgan fingerprint density at radius 3 is 2.62 bits per heavy atom. The Morgan fingerprint density at radius 2 is 2.08 bits per heavy atom. The number of nitrogens with zero attached hydrogens (tertiary/aromatic N) is 1. The Morgan fingerprint density at radius 1 is 1.46 bits per heavy atom. The highest BCUT2D eigenvalue weighted by molar-refractivity contribution is 6.30. The predicted molar refractivity (Wildman–Crippen MR) is 56.1 cm³/mol. The van der Waals surface area contributed by atoms with Crippen LogP contribution in [-0.4, -0.2) is 12.1 Å². The van der Waals surface area contributed by atoms with Crippen LogP contribution >= 0.6 is 11.6 Å². The molecule has 0 aliphatic rings. The molecule has 0 atom stereocenters. The van der Waals surface area contributed by atoms with Crippen LogP contribution in [0.1, 0.15) is 6.42 Å². The fraction of sp³-hybridized carbons (Fsp3) is 0.111. The Hall–Kier alpha value is -1.35. The summed E-state index contributed by atoms with van der Waals surface area (Å²) in [4.78, 5) is 4.08. The molecule has 0 saturated heterocycles. The predicted octanol–water partition coefficient (Wildman–Crippen LogP) is 2.37. The summed E-state index contributed by atoms with van der Waals surface area (Å²) in [6, 6.07) is 7.14. The fourth-order valence-corrected chi connectivity index (χ4v) is 0.903. The molecule has 0 aliphatic carbocycles. The number of rotatable bonds is 3. The lowest BCUT2D eigenvalue weighted by Gasteiger charge is -1.93. The molecular weight excluding hydrogens is 186 g/mol. The lowest BCUT2D eigenvalue weighted by molar-refractivity contribution is 1.36. The van der Waals surface area contributed by atoms with Crippen LogP contribution in [0.2, 0.25) is 5.02 Å². The largest absolute Gasteiger partial charge is 0.387 e. The minimum atomic E-state index is 0.109. The molecule has 0 radical (unpaired) electrons. The van der Waals surface area contributed by atoms with Crippen molar-refractivity contribution in [1.82, 2.24) is 0 Å². The zero-order valence-corrected chi connectivity index (χ0v) is 7.75. The zero-order valence-electron chi connectivity index (χ0n) is 7.00. The lowest BCUT2D eigenvalue weighted by Crippen LogP contribution is -2.08. The second-order valence-electron chi connectivity index (χ2n) is 2.52. The molecule has 0 fully saturated rings. The van der Waals surface area contributed by atoms with E-state index < -0.39 is 0 Å². The molecule has 3 N–H and O–H groups in total. The van der Waals surface area contributed by atoms with Gasteiger partial charge in [0.15, 0.2) is 0 Å². The summed E-state index contributed by atoms with van der Waals surface area (Å²) in [5, 5.41) is 7.65. The summed E-state index contributed by atoms with van der Waals surface area (Å²) in [6.45, 7) is 0. The van der Waals surface area contributed by atoms with E-state index in [1.165, 1.54) is 0 Å². The van der Waals surface area contributed by atoms with E-state index in [1.54, 1.807) is 30.5 Å². The molecule has 4 heteroatoms. The first kappa shape index (κ1) is 9.74. The van der Waals surface area contributed by atoms with Crippen molar-refractivity contribution in [1.29, 1.82) is 5.41 Å². The van der Waals surface area contributed by atoms with E-state index in [0.717, 1.165) is 5.69 Å². The monoisotopic (exact) mass is 195 g/mol. The van der Waals surface area contributed by atoms with Gasteiger partial charge in [0, 0.05) is 17.7 Å². The van der Waals surface area contributed by atoms with E-state index in [-0.39, 0.29) is 5.84 Å². The van der Waals surface area contributed by atoms with Gasteiger partial charge in [-0.3, -0.25) is 10.4 Å². The second kappa shape index (κ2) is 4.62. The topological polar surface area (TPSA) is 62.2 Å². The van der Waals surface area contributed by atoms with Crippen LogP contribution in [0.25, 0.3) is 0 Å². The summed E-state index contributed by atoms with van der Waals surface area (Å²) in [7, 11) is 0. The molecule has 0 bridgehead atoms. The Bertz CT molecular complexity index is 316. The van der Waals surface area contributed by atoms with E-state index in [9.17, 15) is 0 Å². The lowest BCUT2D eigenvalue weighted by atomic mass is 10.3. The molecule has 0 amide bonds. The van der Waals surface area contributed by atoms with Crippen molar-refractivity contribution in [2.24, 2.45) is 10.7 Å². The van der Waals surface area contributed by atoms with E-state index in [4.69, 9.17) is 22.7 Å². The standard InChI is InChI=1S/C9H10ClN3/c10-7-1-3-8(4-2-7)13-6-5-9(11)12/h1-4,6H,5H2,(H3,11,12). The van der Waals surface area contributed by atoms with Crippen LogP contribution in [0.5, 0.6) is 0 Å². The number of amidine groups is 1. The summed E-state index contributed by atoms with van der Waals surface area (Å²) in [6.07, 6.45) is 1.98. The van der Waals surface area contributed by atoms with Crippen molar-refractivity contribution in [3.63, 3.8) is 0 Å². The van der Waals surface area contributed by atoms with E-state index >= 15 is 0 Å². The highest BCUT2D eigenvalue weighted by Crippen LogP contribution is 2.15. The number of aliphatic imine (C=N–C) groups is 1. The maximum Gasteiger partial charge on any atom is 0.0959 e. The maximum atomic E-state index is 6.96. The first-order valence-corrected chi connectivity index (χ1v) is 4.17. The van der Waals surface area contributed by atoms with Crippen molar-refractivity contribution in [3.8, 4) is 0 Å². The molecule has 13 heavy (non-hydrogen) atoms. The molecule has 1 aromatic carbocycles. The van der Waals surface area contributed by atoms with Gasteiger partial charge in [-0.2, -0.15) is 0 Å². The number of hydrogen-bond donors (Lipinski definition) is 2. The zero-order chi connectivity index (χ0) is 9.68. The van der Waals surface area contributed by atoms with Crippen molar-refractivity contribution in [2.75, 3.05) is 0 Å². The van der Waals surface area contributed by atoms with Crippen molar-refractivity contribution >= 4 is 29.3 Å². The molecule has 3 nitrogen and oxygen atoms in total. The van der Waals surface area contributed by atoms with Gasteiger partial charge in [0.2, 0.25) is 0 Å². The number of hydrogen-bond acceptors (Lipinski definition) is 2. The van der Waals surface area contributed by atoms with Crippen LogP contribution < -0.4 is 5.73 Å². The molecule has 0 unspecified atom stereocenters. The van der Waals surface area contributed by atoms with Gasteiger partial charge in [-0.15, -0.1) is 0 Å². The smallest absolute Gasteiger partial charge is 0.0959 e. The van der Waals surface area contributed by atoms with Gasteiger partial charge in [-0.25, -0.2) is 0 Å². The van der Waals surface area contributed by atoms with E-state index in [1.807, 2.05) is 0 Å². The number of nitrogens with two attached hydrogens (primary N) is 1. The van der Waals surface area contributed by atoms with Crippen LogP contribution in [-0.2, 0) is 0 Å². The molecule has 68 valence electrons. The average Bonchev–Trinajstić information content (AvgIpc) is 2.08. The van der Waals surface area contributed by atoms with Gasteiger partial charge in [0.1, 0.15) is 0 Å². The maximum absolute atomic E-state index is 6.96. The van der Waals surface area contributed by atoms with Gasteiger partial charge < -0.3 is 5.73 Å². The van der Waals surface area contributed by atoms with Gasteiger partial charge in [0.25, 0.3) is 0 Å². The third-order valence-corrected chi connectivity index (χ3v) is 1.63. The molecule has 0 aliphatic heterocycles. The number of nitrogens with one attached hydrogen (secondary N) is 1. The third kappa shape index (κ3) is 3.71. The fourth-order valence-electron chi connectivity index (χ4n) is 0.777. The first-order valence-electron chi connectivity index (χ1n) is 3.79. The van der Waals surface area contributed by atoms with Crippen molar-refractivity contribution in [2.45, 2.75) is 6.42 Å². The quantitative estimate of drug-likeness (QED) is 0.565. The summed E-state index contributed by atoms with van der Waals surface area (Å²) in [5.74, 6) is 0.109. The number of benzene rings is 1. The Kier molecular flexibility index (Phi) is 3.46. The molecule has 0 saturated carbocycles. The van der Waals surface area contributed by atoms with Crippen LogP contribution in [0.4, 0.5) is 5.69 Å². The van der Waals surface area contributed by atoms with Crippen molar-refractivity contribution < 1.29 is 0 Å². The van der Waals surface area contributed by atoms with E-state index in [0.29, 0.717) is 11.4 Å². The molecule has 0 spiro atoms. The van der Waals surface area contributed by atoms with Crippen LogP contribution in [0.15, 0.2) is 29.3 Å². The molecular formula is C9H10ClN3. The average molecular weight is 196 g/mol. The molecule has 1 aromatic rings. The van der Waals surface area contributed by atoms with Crippen molar-refractivity contribution in [3.05, 3.63) is 29.3 Å². The van der Waals surface area contributed by atoms with Gasteiger partial charge in [0.05, 0.1) is 11.5 Å². The number of halogens is 1. The van der Waals surface area contributed by atoms with Gasteiger partial charge in [-0.1, -0.05) is 11.6 Å². The first-order chi connectivity index (χ1) is 6.18. The summed E-state index contributed by atoms with van der Waals surface area (Å²) >= 11 is 5.69. The minimum absolute atomic E-state index is 0.109. The second-order valence-corrected chi connectivity index (χ2v) is 2.95. The molecule has 0 heterocycles. The SMILES string of the molecule is N=C(N)CC=Nc1ccc(Cl)cc1. The van der Waals surface area contributed by atoms with E-state index in [2.05, 4.69) is 4.99 Å². The van der Waals surface area contributed by atoms with Crippen LogP contribution in [0.3, 0.4) is 0 Å². The summed E-state index contributed by atoms with van der Waals surface area (Å²) in [5.41, 5.74) is 5.96. The molecule has 1 rings (SSSR count). The van der Waals surface area contributed by atoms with Gasteiger partial charge in [-0.05, 0) is 24.3 Å². The third-order valence-electron chi connectivity index (χ3n) is 1.38.